The summed E-state index contributed by atoms with van der Waals surface area (Å²) in [5, 5.41) is 5.53. The summed E-state index contributed by atoms with van der Waals surface area (Å²) in [6.07, 6.45) is -0.462. The van der Waals surface area contributed by atoms with Gasteiger partial charge in [-0.15, -0.1) is 0 Å². The van der Waals surface area contributed by atoms with Gasteiger partial charge < -0.3 is 20.1 Å². The van der Waals surface area contributed by atoms with E-state index in [9.17, 15) is 4.79 Å². The Morgan fingerprint density at radius 1 is 1.04 bits per heavy atom. The van der Waals surface area contributed by atoms with Crippen LogP contribution in [0, 0.1) is 0 Å². The number of methoxy groups -OCH3 is 1. The zero-order chi connectivity index (χ0) is 17.5. The van der Waals surface area contributed by atoms with E-state index in [-0.39, 0.29) is 6.03 Å². The molecule has 0 saturated heterocycles. The van der Waals surface area contributed by atoms with Gasteiger partial charge in [0.15, 0.2) is 6.23 Å². The van der Waals surface area contributed by atoms with Crippen molar-refractivity contribution in [3.8, 4) is 11.5 Å². The Balaban J connectivity index is 1.94. The zero-order valence-electron chi connectivity index (χ0n) is 14.5. The van der Waals surface area contributed by atoms with E-state index in [0.717, 1.165) is 11.3 Å². The van der Waals surface area contributed by atoms with Crippen molar-refractivity contribution < 1.29 is 14.3 Å². The average molecular weight is 328 g/mol. The number of carbonyl (C=O) groups is 1. The highest BCUT2D eigenvalue weighted by Crippen LogP contribution is 2.26. The van der Waals surface area contributed by atoms with Crippen molar-refractivity contribution in [3.05, 3.63) is 54.1 Å². The average Bonchev–Trinajstić information content (AvgIpc) is 2.55. The van der Waals surface area contributed by atoms with Gasteiger partial charge in [0.25, 0.3) is 0 Å². The highest BCUT2D eigenvalue weighted by molar-refractivity contribution is 5.89. The summed E-state index contributed by atoms with van der Waals surface area (Å²) in [6.45, 7) is 6.01. The predicted octanol–water partition coefficient (Wildman–Crippen LogP) is 4.37. The summed E-state index contributed by atoms with van der Waals surface area (Å²) in [5.74, 6) is 1.81. The summed E-state index contributed by atoms with van der Waals surface area (Å²) in [7, 11) is 1.58. The standard InChI is InChI=1S/C19H24N2O3/c1-13(2)17-10-5-6-11-18(17)24-14(3)20-19(22)21-15-8-7-9-16(12-15)23-4/h5-14H,1-4H3,(H2,20,21,22). The van der Waals surface area contributed by atoms with Gasteiger partial charge in [-0.25, -0.2) is 4.79 Å². The molecule has 2 N–H and O–H groups in total. The number of hydrogen-bond donors (Lipinski definition) is 2. The minimum atomic E-state index is -0.462. The van der Waals surface area contributed by atoms with Gasteiger partial charge in [-0.2, -0.15) is 0 Å². The molecule has 0 saturated carbocycles. The molecule has 0 aromatic heterocycles. The first-order valence-corrected chi connectivity index (χ1v) is 7.96. The fourth-order valence-electron chi connectivity index (χ4n) is 2.34. The van der Waals surface area contributed by atoms with Crippen LogP contribution < -0.4 is 20.1 Å². The first kappa shape index (κ1) is 17.7. The van der Waals surface area contributed by atoms with E-state index in [1.807, 2.05) is 36.4 Å². The van der Waals surface area contributed by atoms with Crippen LogP contribution in [0.2, 0.25) is 0 Å². The highest BCUT2D eigenvalue weighted by atomic mass is 16.5. The van der Waals surface area contributed by atoms with Crippen molar-refractivity contribution in [1.82, 2.24) is 5.32 Å². The highest BCUT2D eigenvalue weighted by Gasteiger charge is 2.12. The first-order chi connectivity index (χ1) is 11.5. The van der Waals surface area contributed by atoms with Gasteiger partial charge in [0, 0.05) is 11.8 Å². The normalized spacial score (nSPS) is 11.7. The fourth-order valence-corrected chi connectivity index (χ4v) is 2.34. The van der Waals surface area contributed by atoms with Gasteiger partial charge in [0.05, 0.1) is 7.11 Å². The zero-order valence-corrected chi connectivity index (χ0v) is 14.5. The molecule has 0 aliphatic carbocycles. The molecule has 0 aliphatic rings. The SMILES string of the molecule is COc1cccc(NC(=O)NC(C)Oc2ccccc2C(C)C)c1. The number of anilines is 1. The molecule has 2 aromatic rings. The lowest BCUT2D eigenvalue weighted by Crippen LogP contribution is -2.39. The van der Waals surface area contributed by atoms with E-state index in [1.165, 1.54) is 0 Å². The van der Waals surface area contributed by atoms with Crippen molar-refractivity contribution in [2.24, 2.45) is 0 Å². The van der Waals surface area contributed by atoms with E-state index < -0.39 is 6.23 Å². The molecular weight excluding hydrogens is 304 g/mol. The largest absolute Gasteiger partial charge is 0.497 e. The van der Waals surface area contributed by atoms with Crippen LogP contribution in [-0.2, 0) is 0 Å². The topological polar surface area (TPSA) is 59.6 Å². The second kappa shape index (κ2) is 8.24. The summed E-state index contributed by atoms with van der Waals surface area (Å²) in [5.41, 5.74) is 1.76. The Bertz CT molecular complexity index is 686. The molecule has 0 bridgehead atoms. The molecule has 1 unspecified atom stereocenters. The van der Waals surface area contributed by atoms with E-state index >= 15 is 0 Å². The number of rotatable bonds is 6. The van der Waals surface area contributed by atoms with Gasteiger partial charge in [-0.05, 0) is 36.6 Å². The van der Waals surface area contributed by atoms with Crippen LogP contribution in [0.3, 0.4) is 0 Å². The molecule has 2 aromatic carbocycles. The lowest BCUT2D eigenvalue weighted by atomic mass is 10.0. The molecule has 0 radical (unpaired) electrons. The van der Waals surface area contributed by atoms with Gasteiger partial charge in [0.2, 0.25) is 0 Å². The first-order valence-electron chi connectivity index (χ1n) is 7.96. The van der Waals surface area contributed by atoms with Crippen LogP contribution >= 0.6 is 0 Å². The number of amides is 2. The number of ether oxygens (including phenoxy) is 2. The molecule has 128 valence electrons. The maximum atomic E-state index is 12.1. The quantitative estimate of drug-likeness (QED) is 0.774. The number of benzene rings is 2. The van der Waals surface area contributed by atoms with E-state index in [4.69, 9.17) is 9.47 Å². The van der Waals surface area contributed by atoms with Crippen molar-refractivity contribution in [2.75, 3.05) is 12.4 Å². The van der Waals surface area contributed by atoms with E-state index in [1.54, 1.807) is 26.2 Å². The van der Waals surface area contributed by atoms with Gasteiger partial charge in [0.1, 0.15) is 11.5 Å². The Morgan fingerprint density at radius 3 is 2.50 bits per heavy atom. The van der Waals surface area contributed by atoms with Crippen molar-refractivity contribution in [3.63, 3.8) is 0 Å². The van der Waals surface area contributed by atoms with Gasteiger partial charge in [-0.3, -0.25) is 0 Å². The number of carbonyl (C=O) groups excluding carboxylic acids is 1. The summed E-state index contributed by atoms with van der Waals surface area (Å²) < 4.78 is 11.0. The summed E-state index contributed by atoms with van der Waals surface area (Å²) >= 11 is 0. The minimum Gasteiger partial charge on any atom is -0.497 e. The Morgan fingerprint density at radius 2 is 1.79 bits per heavy atom. The van der Waals surface area contributed by atoms with Gasteiger partial charge in [-0.1, -0.05) is 38.1 Å². The van der Waals surface area contributed by atoms with Crippen LogP contribution in [0.4, 0.5) is 10.5 Å². The maximum Gasteiger partial charge on any atom is 0.322 e. The fraction of sp³-hybridized carbons (Fsp3) is 0.316. The van der Waals surface area contributed by atoms with E-state index in [0.29, 0.717) is 17.4 Å². The third kappa shape index (κ3) is 4.91. The van der Waals surface area contributed by atoms with Gasteiger partial charge >= 0.3 is 6.03 Å². The second-order valence-electron chi connectivity index (χ2n) is 5.78. The molecular formula is C19H24N2O3. The summed E-state index contributed by atoms with van der Waals surface area (Å²) in [6, 6.07) is 14.7. The third-order valence-corrected chi connectivity index (χ3v) is 3.51. The second-order valence-corrected chi connectivity index (χ2v) is 5.78. The molecule has 5 nitrogen and oxygen atoms in total. The smallest absolute Gasteiger partial charge is 0.322 e. The Kier molecular flexibility index (Phi) is 6.07. The van der Waals surface area contributed by atoms with Crippen LogP contribution in [0.15, 0.2) is 48.5 Å². The third-order valence-electron chi connectivity index (χ3n) is 3.51. The molecule has 0 aliphatic heterocycles. The molecule has 2 amide bonds. The Hall–Kier alpha value is -2.69. The van der Waals surface area contributed by atoms with Crippen molar-refractivity contribution >= 4 is 11.7 Å². The van der Waals surface area contributed by atoms with Crippen LogP contribution in [0.25, 0.3) is 0 Å². The van der Waals surface area contributed by atoms with Crippen LogP contribution in [-0.4, -0.2) is 19.4 Å². The van der Waals surface area contributed by atoms with E-state index in [2.05, 4.69) is 24.5 Å². The van der Waals surface area contributed by atoms with Crippen molar-refractivity contribution in [2.45, 2.75) is 32.9 Å². The number of para-hydroxylation sites is 1. The Labute approximate surface area is 143 Å². The number of urea groups is 1. The number of nitrogens with one attached hydrogen (secondary N) is 2. The molecule has 1 atom stereocenters. The molecule has 0 fully saturated rings. The monoisotopic (exact) mass is 328 g/mol. The molecule has 5 heteroatoms. The summed E-state index contributed by atoms with van der Waals surface area (Å²) in [4.78, 5) is 12.1. The predicted molar refractivity (Wildman–Crippen MR) is 95.8 cm³/mol. The lowest BCUT2D eigenvalue weighted by molar-refractivity contribution is 0.181. The molecule has 0 spiro atoms. The number of hydrogen-bond acceptors (Lipinski definition) is 3. The molecule has 2 rings (SSSR count). The lowest BCUT2D eigenvalue weighted by Gasteiger charge is -2.20. The minimum absolute atomic E-state index is 0.335. The van der Waals surface area contributed by atoms with Crippen LogP contribution in [0.5, 0.6) is 11.5 Å². The maximum absolute atomic E-state index is 12.1. The van der Waals surface area contributed by atoms with Crippen LogP contribution in [0.1, 0.15) is 32.3 Å². The molecule has 0 heterocycles. The molecule has 24 heavy (non-hydrogen) atoms. The van der Waals surface area contributed by atoms with Crippen molar-refractivity contribution in [1.29, 1.82) is 0 Å².